The molecule has 0 spiro atoms. The predicted molar refractivity (Wildman–Crippen MR) is 71.1 cm³/mol. The highest BCUT2D eigenvalue weighted by atomic mass is 16.3. The molecule has 0 unspecified atom stereocenters. The topological polar surface area (TPSA) is 43.7 Å². The molecule has 0 aromatic carbocycles. The second-order valence-electron chi connectivity index (χ2n) is 5.37. The van der Waals surface area contributed by atoms with Crippen molar-refractivity contribution in [2.75, 3.05) is 19.6 Å². The molecule has 0 aromatic rings. The van der Waals surface area contributed by atoms with Gasteiger partial charge in [0.1, 0.15) is 0 Å². The number of rotatable bonds is 9. The lowest BCUT2D eigenvalue weighted by Gasteiger charge is -2.13. The summed E-state index contributed by atoms with van der Waals surface area (Å²) in [7, 11) is 0. The fraction of sp³-hybridized carbons (Fsp3) is 1.00. The van der Waals surface area contributed by atoms with E-state index in [0.717, 1.165) is 6.54 Å². The van der Waals surface area contributed by atoms with Crippen LogP contribution in [0.25, 0.3) is 0 Å². The Labute approximate surface area is 106 Å². The molecular formula is C14H29NO2. The van der Waals surface area contributed by atoms with Gasteiger partial charge in [-0.1, -0.05) is 51.9 Å². The quantitative estimate of drug-likeness (QED) is 0.610. The maximum absolute atomic E-state index is 9.40. The third-order valence-electron chi connectivity index (χ3n) is 3.66. The molecule has 1 aliphatic heterocycles. The number of hydrogen-bond donors (Lipinski definition) is 2. The Morgan fingerprint density at radius 3 is 1.82 bits per heavy atom. The highest BCUT2D eigenvalue weighted by Crippen LogP contribution is 2.12. The van der Waals surface area contributed by atoms with Crippen molar-refractivity contribution >= 4 is 0 Å². The monoisotopic (exact) mass is 243 g/mol. The number of likely N-dealkylation sites (tertiary alicyclic amines) is 1. The number of unbranched alkanes of at least 4 members (excludes halogenated alkanes) is 7. The van der Waals surface area contributed by atoms with Crippen LogP contribution in [-0.2, 0) is 0 Å². The van der Waals surface area contributed by atoms with Gasteiger partial charge in [-0.05, 0) is 13.0 Å². The highest BCUT2D eigenvalue weighted by molar-refractivity contribution is 4.82. The van der Waals surface area contributed by atoms with Gasteiger partial charge in [0.2, 0.25) is 0 Å². The molecule has 0 bridgehead atoms. The number of aliphatic hydroxyl groups is 2. The zero-order valence-corrected chi connectivity index (χ0v) is 11.3. The van der Waals surface area contributed by atoms with E-state index >= 15 is 0 Å². The van der Waals surface area contributed by atoms with E-state index in [0.29, 0.717) is 13.1 Å². The van der Waals surface area contributed by atoms with E-state index in [-0.39, 0.29) is 0 Å². The van der Waals surface area contributed by atoms with Crippen molar-refractivity contribution in [2.24, 2.45) is 0 Å². The van der Waals surface area contributed by atoms with Gasteiger partial charge in [0.05, 0.1) is 12.2 Å². The van der Waals surface area contributed by atoms with Crippen molar-refractivity contribution in [1.82, 2.24) is 4.90 Å². The van der Waals surface area contributed by atoms with E-state index in [4.69, 9.17) is 0 Å². The second kappa shape index (κ2) is 8.90. The smallest absolute Gasteiger partial charge is 0.0938 e. The van der Waals surface area contributed by atoms with Crippen LogP contribution < -0.4 is 0 Å². The maximum Gasteiger partial charge on any atom is 0.0938 e. The Bertz CT molecular complexity index is 177. The van der Waals surface area contributed by atoms with Crippen LogP contribution in [-0.4, -0.2) is 47.0 Å². The Kier molecular flexibility index (Phi) is 7.82. The van der Waals surface area contributed by atoms with E-state index < -0.39 is 12.2 Å². The zero-order valence-electron chi connectivity index (χ0n) is 11.3. The molecule has 1 rings (SSSR count). The van der Waals surface area contributed by atoms with E-state index in [1.807, 2.05) is 0 Å². The van der Waals surface area contributed by atoms with Gasteiger partial charge in [-0.3, -0.25) is 4.90 Å². The largest absolute Gasteiger partial charge is 0.389 e. The number of aliphatic hydroxyl groups excluding tert-OH is 2. The lowest BCUT2D eigenvalue weighted by atomic mass is 10.1. The molecular weight excluding hydrogens is 214 g/mol. The molecule has 0 amide bonds. The first-order valence-corrected chi connectivity index (χ1v) is 7.32. The van der Waals surface area contributed by atoms with Crippen molar-refractivity contribution in [3.63, 3.8) is 0 Å². The number of β-amino-alcohol motifs (C(OH)–C–C–N with tert-alkyl or cyclic N) is 2. The van der Waals surface area contributed by atoms with Crippen LogP contribution in [0.2, 0.25) is 0 Å². The molecule has 1 heterocycles. The molecule has 0 aliphatic carbocycles. The van der Waals surface area contributed by atoms with Crippen LogP contribution in [0.3, 0.4) is 0 Å². The molecule has 17 heavy (non-hydrogen) atoms. The molecule has 0 saturated carbocycles. The van der Waals surface area contributed by atoms with Gasteiger partial charge in [0, 0.05) is 13.1 Å². The molecule has 1 fully saturated rings. The van der Waals surface area contributed by atoms with Gasteiger partial charge < -0.3 is 10.2 Å². The minimum Gasteiger partial charge on any atom is -0.389 e. The van der Waals surface area contributed by atoms with E-state index in [2.05, 4.69) is 11.8 Å². The lowest BCUT2D eigenvalue weighted by Crippen LogP contribution is -2.23. The van der Waals surface area contributed by atoms with Crippen LogP contribution in [0.5, 0.6) is 0 Å². The summed E-state index contributed by atoms with van der Waals surface area (Å²) in [5, 5.41) is 18.8. The van der Waals surface area contributed by atoms with Crippen molar-refractivity contribution < 1.29 is 10.2 Å². The minimum absolute atomic E-state index is 0.524. The molecule has 2 atom stereocenters. The zero-order chi connectivity index (χ0) is 12.5. The van der Waals surface area contributed by atoms with Gasteiger partial charge in [0.15, 0.2) is 0 Å². The highest BCUT2D eigenvalue weighted by Gasteiger charge is 2.28. The fourth-order valence-electron chi connectivity index (χ4n) is 2.50. The fourth-order valence-corrected chi connectivity index (χ4v) is 2.50. The summed E-state index contributed by atoms with van der Waals surface area (Å²) in [5.74, 6) is 0. The standard InChI is InChI=1S/C14H29NO2/c1-2-3-4-5-6-7-8-9-10-15-11-13(16)14(17)12-15/h13-14,16-17H,2-12H2,1H3/t13-,14+. The lowest BCUT2D eigenvalue weighted by molar-refractivity contribution is 0.0572. The van der Waals surface area contributed by atoms with Crippen molar-refractivity contribution in [3.8, 4) is 0 Å². The molecule has 1 saturated heterocycles. The van der Waals surface area contributed by atoms with Gasteiger partial charge >= 0.3 is 0 Å². The average Bonchev–Trinajstić information content (AvgIpc) is 2.62. The Morgan fingerprint density at radius 2 is 1.29 bits per heavy atom. The summed E-state index contributed by atoms with van der Waals surface area (Å²) in [6, 6.07) is 0. The number of hydrogen-bond acceptors (Lipinski definition) is 3. The van der Waals surface area contributed by atoms with E-state index in [1.165, 1.54) is 51.4 Å². The maximum atomic E-state index is 9.40. The third kappa shape index (κ3) is 6.39. The summed E-state index contributed by atoms with van der Waals surface area (Å²) in [5.41, 5.74) is 0. The molecule has 3 heteroatoms. The normalized spacial score (nSPS) is 25.6. The summed E-state index contributed by atoms with van der Waals surface area (Å²) in [6.45, 7) is 4.58. The predicted octanol–water partition coefficient (Wildman–Crippen LogP) is 2.16. The van der Waals surface area contributed by atoms with Crippen molar-refractivity contribution in [3.05, 3.63) is 0 Å². The van der Waals surface area contributed by atoms with Crippen LogP contribution in [0.15, 0.2) is 0 Å². The second-order valence-corrected chi connectivity index (χ2v) is 5.37. The van der Waals surface area contributed by atoms with Gasteiger partial charge in [-0.2, -0.15) is 0 Å². The van der Waals surface area contributed by atoms with Crippen LogP contribution in [0.4, 0.5) is 0 Å². The van der Waals surface area contributed by atoms with Crippen molar-refractivity contribution in [2.45, 2.75) is 70.5 Å². The van der Waals surface area contributed by atoms with Crippen LogP contribution in [0, 0.1) is 0 Å². The summed E-state index contributed by atoms with van der Waals surface area (Å²) in [4.78, 5) is 2.17. The Hall–Kier alpha value is -0.120. The molecule has 3 nitrogen and oxygen atoms in total. The summed E-state index contributed by atoms with van der Waals surface area (Å²) < 4.78 is 0. The summed E-state index contributed by atoms with van der Waals surface area (Å²) in [6.07, 6.45) is 9.61. The first-order chi connectivity index (χ1) is 8.24. The third-order valence-corrected chi connectivity index (χ3v) is 3.66. The molecule has 0 radical (unpaired) electrons. The molecule has 0 aromatic heterocycles. The molecule has 2 N–H and O–H groups in total. The molecule has 102 valence electrons. The van der Waals surface area contributed by atoms with E-state index in [9.17, 15) is 10.2 Å². The van der Waals surface area contributed by atoms with Crippen LogP contribution in [0.1, 0.15) is 58.3 Å². The summed E-state index contributed by atoms with van der Waals surface area (Å²) >= 11 is 0. The van der Waals surface area contributed by atoms with Crippen molar-refractivity contribution in [1.29, 1.82) is 0 Å². The van der Waals surface area contributed by atoms with Gasteiger partial charge in [-0.25, -0.2) is 0 Å². The van der Waals surface area contributed by atoms with Gasteiger partial charge in [-0.15, -0.1) is 0 Å². The first kappa shape index (κ1) is 14.9. The Morgan fingerprint density at radius 1 is 0.824 bits per heavy atom. The molecule has 1 aliphatic rings. The van der Waals surface area contributed by atoms with E-state index in [1.54, 1.807) is 0 Å². The van der Waals surface area contributed by atoms with Crippen LogP contribution >= 0.6 is 0 Å². The SMILES string of the molecule is CCCCCCCCCCN1C[C@@H](O)[C@@H](O)C1. The Balaban J connectivity index is 1.85. The van der Waals surface area contributed by atoms with Gasteiger partial charge in [0.25, 0.3) is 0 Å². The minimum atomic E-state index is -0.524. The first-order valence-electron chi connectivity index (χ1n) is 7.32. The average molecular weight is 243 g/mol. The number of nitrogens with zero attached hydrogens (tertiary/aromatic N) is 1.